The lowest BCUT2D eigenvalue weighted by Crippen LogP contribution is -2.43. The lowest BCUT2D eigenvalue weighted by Gasteiger charge is -2.42. The Hall–Kier alpha value is -0.160. The highest BCUT2D eigenvalue weighted by atomic mass is 17.5. The summed E-state index contributed by atoms with van der Waals surface area (Å²) in [5.41, 5.74) is -0.0369. The first-order chi connectivity index (χ1) is 7.25. The molecule has 0 bridgehead atoms. The Kier molecular flexibility index (Phi) is 2.28. The molecule has 1 aliphatic heterocycles. The van der Waals surface area contributed by atoms with Gasteiger partial charge in [0.2, 0.25) is 0 Å². The third kappa shape index (κ3) is 1.51. The van der Waals surface area contributed by atoms with Crippen molar-refractivity contribution in [3.8, 4) is 0 Å². The molecule has 3 aliphatic rings. The normalized spacial score (nSPS) is 50.6. The molecule has 4 heteroatoms. The monoisotopic (exact) mass is 214 g/mol. The molecule has 2 aliphatic carbocycles. The van der Waals surface area contributed by atoms with Crippen molar-refractivity contribution in [2.24, 2.45) is 5.41 Å². The van der Waals surface area contributed by atoms with Gasteiger partial charge < -0.3 is 5.11 Å². The van der Waals surface area contributed by atoms with Crippen molar-refractivity contribution in [1.29, 1.82) is 0 Å². The van der Waals surface area contributed by atoms with Gasteiger partial charge in [-0.1, -0.05) is 11.5 Å². The van der Waals surface area contributed by atoms with E-state index in [1.54, 1.807) is 0 Å². The Labute approximate surface area is 89.4 Å². The van der Waals surface area contributed by atoms with Crippen molar-refractivity contribution in [1.82, 2.24) is 0 Å². The second-order valence-corrected chi connectivity index (χ2v) is 5.37. The summed E-state index contributed by atoms with van der Waals surface area (Å²) in [4.78, 5) is 10.0. The van der Waals surface area contributed by atoms with E-state index in [-0.39, 0.29) is 17.1 Å². The van der Waals surface area contributed by atoms with Crippen molar-refractivity contribution >= 4 is 0 Å². The quantitative estimate of drug-likeness (QED) is 0.624. The van der Waals surface area contributed by atoms with E-state index in [4.69, 9.17) is 9.78 Å². The zero-order chi connectivity index (χ0) is 10.4. The molecule has 15 heavy (non-hydrogen) atoms. The summed E-state index contributed by atoms with van der Waals surface area (Å²) in [5.74, 6) is 0. The molecule has 1 unspecified atom stereocenters. The summed E-state index contributed by atoms with van der Waals surface area (Å²) >= 11 is 0. The highest BCUT2D eigenvalue weighted by Gasteiger charge is 2.51. The minimum atomic E-state index is -0.215. The van der Waals surface area contributed by atoms with Gasteiger partial charge in [-0.2, -0.15) is 4.89 Å². The standard InChI is InChI=1S/C11H18O4/c12-9-2-1-3-10(9)4-6-11(7-5-10)8-13-15-14-11/h9,12H,1-8H2. The Bertz CT molecular complexity index is 237. The van der Waals surface area contributed by atoms with E-state index in [0.717, 1.165) is 32.1 Å². The van der Waals surface area contributed by atoms with Gasteiger partial charge in [-0.15, -0.1) is 0 Å². The summed E-state index contributed by atoms with van der Waals surface area (Å²) < 4.78 is 0. The zero-order valence-electron chi connectivity index (χ0n) is 8.91. The molecule has 3 rings (SSSR count). The molecular formula is C11H18O4. The predicted octanol–water partition coefficient (Wildman–Crippen LogP) is 1.72. The van der Waals surface area contributed by atoms with Gasteiger partial charge in [0.25, 0.3) is 0 Å². The van der Waals surface area contributed by atoms with Crippen LogP contribution in [0.15, 0.2) is 0 Å². The fraction of sp³-hybridized carbons (Fsp3) is 1.00. The number of aliphatic hydroxyl groups excluding tert-OH is 1. The van der Waals surface area contributed by atoms with E-state index in [0.29, 0.717) is 6.61 Å². The van der Waals surface area contributed by atoms with E-state index in [2.05, 4.69) is 5.04 Å². The molecular weight excluding hydrogens is 196 g/mol. The molecule has 2 spiro atoms. The van der Waals surface area contributed by atoms with Crippen LogP contribution in [-0.2, 0) is 14.8 Å². The van der Waals surface area contributed by atoms with Gasteiger partial charge in [0.05, 0.1) is 6.10 Å². The Balaban J connectivity index is 1.69. The SMILES string of the molecule is OC1CCCC12CCC1(CC2)COOO1. The molecule has 0 amide bonds. The van der Waals surface area contributed by atoms with Crippen molar-refractivity contribution in [3.05, 3.63) is 0 Å². The van der Waals surface area contributed by atoms with Crippen LogP contribution in [0.25, 0.3) is 0 Å². The van der Waals surface area contributed by atoms with Gasteiger partial charge in [-0.25, -0.2) is 4.89 Å². The fourth-order valence-electron chi connectivity index (χ4n) is 3.39. The van der Waals surface area contributed by atoms with Gasteiger partial charge in [0.15, 0.2) is 0 Å². The van der Waals surface area contributed by atoms with Crippen LogP contribution in [0, 0.1) is 5.41 Å². The van der Waals surface area contributed by atoms with Crippen molar-refractivity contribution in [3.63, 3.8) is 0 Å². The van der Waals surface area contributed by atoms with Crippen LogP contribution in [0.4, 0.5) is 0 Å². The third-order valence-electron chi connectivity index (χ3n) is 4.60. The highest BCUT2D eigenvalue weighted by molar-refractivity contribution is 5.00. The molecule has 1 heterocycles. The Morgan fingerprint density at radius 2 is 1.87 bits per heavy atom. The summed E-state index contributed by atoms with van der Waals surface area (Å²) in [7, 11) is 0. The lowest BCUT2D eigenvalue weighted by atomic mass is 9.67. The molecule has 0 aromatic carbocycles. The molecule has 86 valence electrons. The number of rotatable bonds is 0. The van der Waals surface area contributed by atoms with Crippen LogP contribution < -0.4 is 0 Å². The summed E-state index contributed by atoms with van der Waals surface area (Å²) in [6, 6.07) is 0. The molecule has 4 nitrogen and oxygen atoms in total. The van der Waals surface area contributed by atoms with Crippen LogP contribution in [0.3, 0.4) is 0 Å². The second-order valence-electron chi connectivity index (χ2n) is 5.37. The van der Waals surface area contributed by atoms with E-state index in [9.17, 15) is 5.11 Å². The maximum atomic E-state index is 10.0. The number of hydrogen-bond acceptors (Lipinski definition) is 4. The van der Waals surface area contributed by atoms with E-state index in [1.807, 2.05) is 0 Å². The summed E-state index contributed by atoms with van der Waals surface area (Å²) in [5, 5.41) is 14.6. The maximum absolute atomic E-state index is 10.0. The Morgan fingerprint density at radius 3 is 2.40 bits per heavy atom. The smallest absolute Gasteiger partial charge is 0.133 e. The number of aliphatic hydroxyl groups is 1. The van der Waals surface area contributed by atoms with Crippen LogP contribution in [-0.4, -0.2) is 23.4 Å². The van der Waals surface area contributed by atoms with E-state index >= 15 is 0 Å². The fourth-order valence-corrected chi connectivity index (χ4v) is 3.39. The minimum Gasteiger partial charge on any atom is -0.393 e. The first kappa shape index (κ1) is 10.0. The average Bonchev–Trinajstić information content (AvgIpc) is 2.82. The molecule has 3 fully saturated rings. The van der Waals surface area contributed by atoms with E-state index in [1.165, 1.54) is 12.8 Å². The molecule has 0 radical (unpaired) electrons. The molecule has 1 N–H and O–H groups in total. The first-order valence-electron chi connectivity index (χ1n) is 5.90. The molecule has 2 saturated carbocycles. The first-order valence-corrected chi connectivity index (χ1v) is 5.90. The van der Waals surface area contributed by atoms with Crippen LogP contribution in [0.5, 0.6) is 0 Å². The Morgan fingerprint density at radius 1 is 1.07 bits per heavy atom. The van der Waals surface area contributed by atoms with Crippen molar-refractivity contribution < 1.29 is 19.9 Å². The van der Waals surface area contributed by atoms with Crippen molar-refractivity contribution in [2.75, 3.05) is 6.61 Å². The van der Waals surface area contributed by atoms with Crippen LogP contribution >= 0.6 is 0 Å². The molecule has 0 aromatic rings. The third-order valence-corrected chi connectivity index (χ3v) is 4.60. The molecule has 0 aromatic heterocycles. The van der Waals surface area contributed by atoms with Gasteiger partial charge in [0.1, 0.15) is 12.2 Å². The second kappa shape index (κ2) is 3.42. The zero-order valence-corrected chi connectivity index (χ0v) is 8.91. The summed E-state index contributed by atoms with van der Waals surface area (Å²) in [6.45, 7) is 0.541. The highest BCUT2D eigenvalue weighted by Crippen LogP contribution is 2.52. The largest absolute Gasteiger partial charge is 0.393 e. The average molecular weight is 214 g/mol. The van der Waals surface area contributed by atoms with Gasteiger partial charge >= 0.3 is 0 Å². The minimum absolute atomic E-state index is 0.0990. The van der Waals surface area contributed by atoms with Gasteiger partial charge in [0, 0.05) is 0 Å². The lowest BCUT2D eigenvalue weighted by molar-refractivity contribution is -0.472. The van der Waals surface area contributed by atoms with E-state index < -0.39 is 0 Å². The predicted molar refractivity (Wildman–Crippen MR) is 51.6 cm³/mol. The van der Waals surface area contributed by atoms with Crippen molar-refractivity contribution in [2.45, 2.75) is 56.7 Å². The number of hydrogen-bond donors (Lipinski definition) is 1. The van der Waals surface area contributed by atoms with Crippen LogP contribution in [0.2, 0.25) is 0 Å². The summed E-state index contributed by atoms with van der Waals surface area (Å²) in [6.07, 6.45) is 7.20. The van der Waals surface area contributed by atoms with Gasteiger partial charge in [-0.05, 0) is 43.9 Å². The van der Waals surface area contributed by atoms with Gasteiger partial charge in [-0.3, -0.25) is 0 Å². The topological polar surface area (TPSA) is 47.9 Å². The maximum Gasteiger partial charge on any atom is 0.133 e. The van der Waals surface area contributed by atoms with Crippen LogP contribution in [0.1, 0.15) is 44.9 Å². The molecule has 1 atom stereocenters. The molecule has 1 saturated heterocycles.